The Morgan fingerprint density at radius 2 is 1.95 bits per heavy atom. The van der Waals surface area contributed by atoms with Crippen LogP contribution >= 0.6 is 0 Å². The molecule has 0 saturated carbocycles. The number of hydrogen-bond acceptors (Lipinski definition) is 4. The number of carbonyl (C=O) groups excluding carboxylic acids is 1. The lowest BCUT2D eigenvalue weighted by Gasteiger charge is -2.37. The van der Waals surface area contributed by atoms with E-state index in [9.17, 15) is 4.79 Å². The Morgan fingerprint density at radius 3 is 2.82 bits per heavy atom. The van der Waals surface area contributed by atoms with Gasteiger partial charge in [0.25, 0.3) is 5.91 Å². The molecule has 1 atom stereocenters. The maximum Gasteiger partial charge on any atom is 0.257 e. The van der Waals surface area contributed by atoms with Gasteiger partial charge < -0.3 is 14.4 Å². The number of ether oxygens (including phenoxy) is 2. The largest absolute Gasteiger partial charge is 0.454 e. The Balaban J connectivity index is 1.51. The van der Waals surface area contributed by atoms with Crippen molar-refractivity contribution >= 4 is 5.91 Å². The number of fused-ring (bicyclic) bond motifs is 1. The first-order valence-electron chi connectivity index (χ1n) is 8.25. The molecule has 0 aliphatic carbocycles. The van der Waals surface area contributed by atoms with Crippen LogP contribution in [0.2, 0.25) is 0 Å². The zero-order chi connectivity index (χ0) is 14.9. The van der Waals surface area contributed by atoms with Crippen molar-refractivity contribution in [2.75, 3.05) is 33.0 Å². The highest BCUT2D eigenvalue weighted by Gasteiger charge is 2.31. The molecule has 2 saturated heterocycles. The molecule has 0 bridgehead atoms. The minimum Gasteiger partial charge on any atom is -0.454 e. The molecule has 3 aliphatic rings. The third-order valence-electron chi connectivity index (χ3n) is 4.97. The number of hydrogen-bond donors (Lipinski definition) is 0. The molecule has 0 aromatic heterocycles. The molecule has 1 amide bonds. The molecular weight excluding hydrogens is 280 g/mol. The molecule has 3 heterocycles. The smallest absolute Gasteiger partial charge is 0.257 e. The molecule has 2 fully saturated rings. The predicted octanol–water partition coefficient (Wildman–Crippen LogP) is 2.12. The molecular formula is C17H22N2O3. The van der Waals surface area contributed by atoms with E-state index in [1.807, 2.05) is 23.1 Å². The zero-order valence-electron chi connectivity index (χ0n) is 12.8. The van der Waals surface area contributed by atoms with E-state index in [1.165, 1.54) is 32.4 Å². The van der Waals surface area contributed by atoms with E-state index in [-0.39, 0.29) is 12.7 Å². The molecule has 5 heteroatoms. The maximum atomic E-state index is 12.9. The molecule has 1 aromatic rings. The van der Waals surface area contributed by atoms with Crippen molar-refractivity contribution < 1.29 is 14.3 Å². The van der Waals surface area contributed by atoms with Crippen molar-refractivity contribution in [3.8, 4) is 11.5 Å². The number of piperidine rings is 1. The van der Waals surface area contributed by atoms with Crippen LogP contribution in [0.3, 0.4) is 0 Å². The summed E-state index contributed by atoms with van der Waals surface area (Å²) >= 11 is 0. The third-order valence-corrected chi connectivity index (χ3v) is 4.97. The average Bonchev–Trinajstić information content (AvgIpc) is 3.25. The van der Waals surface area contributed by atoms with Gasteiger partial charge in [-0.05, 0) is 50.9 Å². The van der Waals surface area contributed by atoms with Crippen molar-refractivity contribution in [3.05, 3.63) is 23.8 Å². The zero-order valence-corrected chi connectivity index (χ0v) is 12.8. The van der Waals surface area contributed by atoms with Gasteiger partial charge in [-0.1, -0.05) is 6.07 Å². The fourth-order valence-corrected chi connectivity index (χ4v) is 3.81. The van der Waals surface area contributed by atoms with E-state index in [0.717, 1.165) is 19.5 Å². The van der Waals surface area contributed by atoms with Gasteiger partial charge in [0.1, 0.15) is 0 Å². The van der Waals surface area contributed by atoms with E-state index in [2.05, 4.69) is 4.90 Å². The number of benzene rings is 1. The molecule has 1 aromatic carbocycles. The van der Waals surface area contributed by atoms with E-state index in [0.29, 0.717) is 23.1 Å². The molecule has 118 valence electrons. The third kappa shape index (κ3) is 2.43. The SMILES string of the molecule is O=C(c1cccc2c1OCO2)N1CCC[C@H](N2CCCC2)C1. The van der Waals surface area contributed by atoms with E-state index in [1.54, 1.807) is 0 Å². The van der Waals surface area contributed by atoms with E-state index >= 15 is 0 Å². The minimum absolute atomic E-state index is 0.0752. The normalized spacial score (nSPS) is 24.7. The van der Waals surface area contributed by atoms with Gasteiger partial charge in [-0.15, -0.1) is 0 Å². The van der Waals surface area contributed by atoms with Crippen LogP contribution in [0, 0.1) is 0 Å². The number of likely N-dealkylation sites (tertiary alicyclic amines) is 2. The van der Waals surface area contributed by atoms with Crippen LogP contribution in [0.5, 0.6) is 11.5 Å². The Bertz CT molecular complexity index is 569. The van der Waals surface area contributed by atoms with Crippen molar-refractivity contribution in [3.63, 3.8) is 0 Å². The molecule has 0 spiro atoms. The summed E-state index contributed by atoms with van der Waals surface area (Å²) in [5.41, 5.74) is 0.636. The number of para-hydroxylation sites is 1. The molecule has 3 aliphatic heterocycles. The summed E-state index contributed by atoms with van der Waals surface area (Å²) in [5, 5.41) is 0. The van der Waals surface area contributed by atoms with Gasteiger partial charge in [-0.2, -0.15) is 0 Å². The number of amides is 1. The van der Waals surface area contributed by atoms with Crippen molar-refractivity contribution in [1.29, 1.82) is 0 Å². The Morgan fingerprint density at radius 1 is 1.09 bits per heavy atom. The molecule has 0 N–H and O–H groups in total. The lowest BCUT2D eigenvalue weighted by Crippen LogP contribution is -2.49. The van der Waals surface area contributed by atoms with Crippen LogP contribution in [-0.4, -0.2) is 54.7 Å². The van der Waals surface area contributed by atoms with Gasteiger partial charge in [-0.25, -0.2) is 0 Å². The summed E-state index contributed by atoms with van der Waals surface area (Å²) in [5.74, 6) is 1.36. The molecule has 5 nitrogen and oxygen atoms in total. The highest BCUT2D eigenvalue weighted by molar-refractivity contribution is 5.98. The quantitative estimate of drug-likeness (QED) is 0.839. The van der Waals surface area contributed by atoms with Gasteiger partial charge in [0.05, 0.1) is 5.56 Å². The predicted molar refractivity (Wildman–Crippen MR) is 82.3 cm³/mol. The minimum atomic E-state index is 0.0752. The standard InChI is InChI=1S/C17H22N2O3/c20-17(14-6-3-7-15-16(14)22-12-21-15)19-10-4-5-13(11-19)18-8-1-2-9-18/h3,6-7,13H,1-2,4-5,8-12H2/t13-/m0/s1. The fourth-order valence-electron chi connectivity index (χ4n) is 3.81. The number of rotatable bonds is 2. The van der Waals surface area contributed by atoms with Crippen LogP contribution in [0.15, 0.2) is 18.2 Å². The van der Waals surface area contributed by atoms with Gasteiger partial charge in [-0.3, -0.25) is 9.69 Å². The first-order valence-corrected chi connectivity index (χ1v) is 8.25. The average molecular weight is 302 g/mol. The molecule has 0 radical (unpaired) electrons. The maximum absolute atomic E-state index is 12.9. The van der Waals surface area contributed by atoms with Crippen LogP contribution in [0.4, 0.5) is 0 Å². The second-order valence-electron chi connectivity index (χ2n) is 6.33. The Kier molecular flexibility index (Phi) is 3.66. The molecule has 0 unspecified atom stereocenters. The van der Waals surface area contributed by atoms with Gasteiger partial charge in [0.15, 0.2) is 11.5 Å². The summed E-state index contributed by atoms with van der Waals surface area (Å²) in [6, 6.07) is 6.08. The topological polar surface area (TPSA) is 42.0 Å². The summed E-state index contributed by atoms with van der Waals surface area (Å²) < 4.78 is 10.9. The fraction of sp³-hybridized carbons (Fsp3) is 0.588. The van der Waals surface area contributed by atoms with Crippen molar-refractivity contribution in [2.45, 2.75) is 31.7 Å². The second-order valence-corrected chi connectivity index (χ2v) is 6.33. The molecule has 22 heavy (non-hydrogen) atoms. The summed E-state index contributed by atoms with van der Waals surface area (Å²) in [6.45, 7) is 4.25. The second kappa shape index (κ2) is 5.80. The van der Waals surface area contributed by atoms with Crippen LogP contribution in [-0.2, 0) is 0 Å². The summed E-state index contributed by atoms with van der Waals surface area (Å²) in [6.07, 6.45) is 4.87. The van der Waals surface area contributed by atoms with Crippen LogP contribution < -0.4 is 9.47 Å². The Labute approximate surface area is 130 Å². The van der Waals surface area contributed by atoms with Crippen LogP contribution in [0.25, 0.3) is 0 Å². The first-order chi connectivity index (χ1) is 10.8. The summed E-state index contributed by atoms with van der Waals surface area (Å²) in [7, 11) is 0. The summed E-state index contributed by atoms with van der Waals surface area (Å²) in [4.78, 5) is 17.4. The number of carbonyl (C=O) groups is 1. The highest BCUT2D eigenvalue weighted by Crippen LogP contribution is 2.36. The Hall–Kier alpha value is -1.75. The van der Waals surface area contributed by atoms with Gasteiger partial charge in [0.2, 0.25) is 6.79 Å². The monoisotopic (exact) mass is 302 g/mol. The number of nitrogens with zero attached hydrogens (tertiary/aromatic N) is 2. The molecule has 4 rings (SSSR count). The lowest BCUT2D eigenvalue weighted by atomic mass is 10.0. The first kappa shape index (κ1) is 13.9. The van der Waals surface area contributed by atoms with Crippen LogP contribution in [0.1, 0.15) is 36.0 Å². The van der Waals surface area contributed by atoms with Gasteiger partial charge >= 0.3 is 0 Å². The lowest BCUT2D eigenvalue weighted by molar-refractivity contribution is 0.0604. The van der Waals surface area contributed by atoms with Crippen molar-refractivity contribution in [2.24, 2.45) is 0 Å². The van der Waals surface area contributed by atoms with Gasteiger partial charge in [0, 0.05) is 19.1 Å². The van der Waals surface area contributed by atoms with E-state index in [4.69, 9.17) is 9.47 Å². The highest BCUT2D eigenvalue weighted by atomic mass is 16.7. The van der Waals surface area contributed by atoms with E-state index < -0.39 is 0 Å². The van der Waals surface area contributed by atoms with Crippen molar-refractivity contribution in [1.82, 2.24) is 9.80 Å².